The molecule has 3 aromatic rings. The first kappa shape index (κ1) is 24.5. The minimum Gasteiger partial charge on any atom is -0.395 e. The molecule has 3 rings (SSSR count). The lowest BCUT2D eigenvalue weighted by Gasteiger charge is -2.15. The van der Waals surface area contributed by atoms with Gasteiger partial charge in [-0.25, -0.2) is 15.0 Å². The molecule has 2 heterocycles. The highest BCUT2D eigenvalue weighted by Gasteiger charge is 2.15. The molecular formula is C20H23BrClN7O2S. The van der Waals surface area contributed by atoms with E-state index in [2.05, 4.69) is 51.8 Å². The van der Waals surface area contributed by atoms with Crippen molar-refractivity contribution >= 4 is 68.4 Å². The van der Waals surface area contributed by atoms with Gasteiger partial charge in [0.05, 0.1) is 23.4 Å². The number of aliphatic hydroxyl groups is 2. The molecule has 0 aliphatic heterocycles. The fourth-order valence-corrected chi connectivity index (χ4v) is 3.87. The van der Waals surface area contributed by atoms with E-state index < -0.39 is 6.10 Å². The molecule has 1 aromatic carbocycles. The van der Waals surface area contributed by atoms with E-state index >= 15 is 0 Å². The van der Waals surface area contributed by atoms with Gasteiger partial charge in [-0.05, 0) is 47.1 Å². The maximum atomic E-state index is 9.75. The van der Waals surface area contributed by atoms with Gasteiger partial charge in [0.1, 0.15) is 10.0 Å². The van der Waals surface area contributed by atoms with E-state index in [1.165, 1.54) is 18.0 Å². The summed E-state index contributed by atoms with van der Waals surface area (Å²) in [5.74, 6) is 1.28. The Morgan fingerprint density at radius 3 is 2.22 bits per heavy atom. The first-order valence-corrected chi connectivity index (χ1v) is 11.8. The van der Waals surface area contributed by atoms with Gasteiger partial charge in [-0.15, -0.1) is 0 Å². The Kier molecular flexibility index (Phi) is 8.88. The molecule has 0 spiro atoms. The zero-order chi connectivity index (χ0) is 23.1. The van der Waals surface area contributed by atoms with E-state index in [1.807, 2.05) is 31.2 Å². The van der Waals surface area contributed by atoms with Crippen molar-refractivity contribution in [2.24, 2.45) is 0 Å². The maximum Gasteiger partial charge on any atom is 0.229 e. The average Bonchev–Trinajstić information content (AvgIpc) is 2.77. The minimum absolute atomic E-state index is 0.00569. The van der Waals surface area contributed by atoms with Crippen molar-refractivity contribution in [3.63, 3.8) is 0 Å². The van der Waals surface area contributed by atoms with Crippen LogP contribution in [0.15, 0.2) is 46.2 Å². The number of aromatic nitrogens is 4. The quantitative estimate of drug-likeness (QED) is 0.186. The van der Waals surface area contributed by atoms with Gasteiger partial charge in [-0.1, -0.05) is 30.3 Å². The molecule has 0 unspecified atom stereocenters. The first-order chi connectivity index (χ1) is 15.4. The average molecular weight is 541 g/mol. The van der Waals surface area contributed by atoms with Crippen molar-refractivity contribution in [3.8, 4) is 0 Å². The van der Waals surface area contributed by atoms with Crippen LogP contribution >= 0.6 is 39.3 Å². The number of nitrogens with one attached hydrogen (secondary N) is 3. The van der Waals surface area contributed by atoms with Crippen LogP contribution in [-0.4, -0.2) is 54.7 Å². The monoisotopic (exact) mass is 539 g/mol. The molecule has 5 N–H and O–H groups in total. The van der Waals surface area contributed by atoms with Gasteiger partial charge in [0.25, 0.3) is 0 Å². The summed E-state index contributed by atoms with van der Waals surface area (Å²) in [6.07, 6.45) is 2.72. The Morgan fingerprint density at radius 1 is 1.03 bits per heavy atom. The summed E-state index contributed by atoms with van der Waals surface area (Å²) in [7, 11) is 0. The third kappa shape index (κ3) is 6.91. The topological polar surface area (TPSA) is 128 Å². The molecule has 0 aliphatic rings. The molecule has 0 saturated carbocycles. The third-order valence-electron chi connectivity index (χ3n) is 4.23. The lowest BCUT2D eigenvalue weighted by atomic mass is 10.3. The number of benzene rings is 1. The summed E-state index contributed by atoms with van der Waals surface area (Å²) in [6.45, 7) is 4.01. The molecule has 32 heavy (non-hydrogen) atoms. The van der Waals surface area contributed by atoms with Crippen LogP contribution in [0.3, 0.4) is 0 Å². The van der Waals surface area contributed by atoms with Gasteiger partial charge in [0, 0.05) is 29.4 Å². The Morgan fingerprint density at radius 2 is 1.62 bits per heavy atom. The number of hydrogen-bond donors (Lipinski definition) is 5. The van der Waals surface area contributed by atoms with Crippen molar-refractivity contribution in [1.29, 1.82) is 0 Å². The van der Waals surface area contributed by atoms with E-state index in [0.29, 0.717) is 29.3 Å². The highest BCUT2D eigenvalue weighted by molar-refractivity contribution is 9.10. The molecule has 12 heteroatoms. The molecule has 0 radical (unpaired) electrons. The number of thioether (sulfide) groups is 1. The lowest BCUT2D eigenvalue weighted by Crippen LogP contribution is -2.15. The van der Waals surface area contributed by atoms with Gasteiger partial charge < -0.3 is 26.2 Å². The van der Waals surface area contributed by atoms with Gasteiger partial charge in [-0.2, -0.15) is 4.98 Å². The van der Waals surface area contributed by atoms with Crippen LogP contribution in [0.25, 0.3) is 0 Å². The van der Waals surface area contributed by atoms with Gasteiger partial charge >= 0.3 is 0 Å². The van der Waals surface area contributed by atoms with Gasteiger partial charge in [-0.3, -0.25) is 0 Å². The summed E-state index contributed by atoms with van der Waals surface area (Å²) < 4.78 is 0.774. The van der Waals surface area contributed by atoms with Crippen LogP contribution in [0.2, 0.25) is 5.02 Å². The molecule has 0 bridgehead atoms. The number of nitrogens with zero attached hydrogens (tertiary/aromatic N) is 4. The largest absolute Gasteiger partial charge is 0.395 e. The second-order valence-corrected chi connectivity index (χ2v) is 9.41. The molecule has 2 atom stereocenters. The fraction of sp³-hybridized carbons (Fsp3) is 0.300. The lowest BCUT2D eigenvalue weighted by molar-refractivity contribution is 0.196. The van der Waals surface area contributed by atoms with E-state index in [0.717, 1.165) is 20.9 Å². The number of hydrogen-bond acceptors (Lipinski definition) is 10. The molecular weight excluding hydrogens is 518 g/mol. The third-order valence-corrected chi connectivity index (χ3v) is 6.65. The van der Waals surface area contributed by atoms with Crippen molar-refractivity contribution in [2.45, 2.75) is 30.2 Å². The highest BCUT2D eigenvalue weighted by atomic mass is 79.9. The predicted octanol–water partition coefficient (Wildman–Crippen LogP) is 4.44. The Balaban J connectivity index is 1.66. The minimum atomic E-state index is -0.454. The van der Waals surface area contributed by atoms with Gasteiger partial charge in [0.15, 0.2) is 5.82 Å². The smallest absolute Gasteiger partial charge is 0.229 e. The van der Waals surface area contributed by atoms with E-state index in [4.69, 9.17) is 16.7 Å². The Bertz CT molecular complexity index is 1040. The van der Waals surface area contributed by atoms with Crippen molar-refractivity contribution in [1.82, 2.24) is 19.9 Å². The summed E-state index contributed by atoms with van der Waals surface area (Å²) in [6, 6.07) is 7.48. The van der Waals surface area contributed by atoms with Crippen LogP contribution < -0.4 is 16.0 Å². The highest BCUT2D eigenvalue weighted by Crippen LogP contribution is 2.31. The maximum absolute atomic E-state index is 9.75. The Hall–Kier alpha value is -2.18. The summed E-state index contributed by atoms with van der Waals surface area (Å²) in [5, 5.41) is 29.0. The first-order valence-electron chi connectivity index (χ1n) is 9.74. The second-order valence-electron chi connectivity index (χ2n) is 6.78. The SMILES string of the molecule is C[C@@H](O)[C@@H](C)Sc1nc(Nc2ccc(Nc3ncc(Cl)c(NCCO)n3)cc2)ncc1Br. The Labute approximate surface area is 203 Å². The molecule has 0 saturated heterocycles. The predicted molar refractivity (Wildman–Crippen MR) is 132 cm³/mol. The van der Waals surface area contributed by atoms with Crippen molar-refractivity contribution in [3.05, 3.63) is 46.2 Å². The van der Waals surface area contributed by atoms with Crippen LogP contribution in [0.5, 0.6) is 0 Å². The number of aliphatic hydroxyl groups excluding tert-OH is 2. The molecule has 0 amide bonds. The van der Waals surface area contributed by atoms with E-state index in [9.17, 15) is 5.11 Å². The van der Waals surface area contributed by atoms with Crippen LogP contribution in [0.4, 0.5) is 29.1 Å². The molecule has 0 fully saturated rings. The fourth-order valence-electron chi connectivity index (χ4n) is 2.39. The molecule has 170 valence electrons. The molecule has 0 aliphatic carbocycles. The van der Waals surface area contributed by atoms with E-state index in [-0.39, 0.29) is 11.9 Å². The second kappa shape index (κ2) is 11.6. The van der Waals surface area contributed by atoms with Crippen molar-refractivity contribution < 1.29 is 10.2 Å². The zero-order valence-electron chi connectivity index (χ0n) is 17.4. The zero-order valence-corrected chi connectivity index (χ0v) is 20.5. The molecule has 9 nitrogen and oxygen atoms in total. The van der Waals surface area contributed by atoms with Crippen LogP contribution in [0.1, 0.15) is 13.8 Å². The number of anilines is 5. The van der Waals surface area contributed by atoms with E-state index in [1.54, 1.807) is 13.1 Å². The number of rotatable bonds is 10. The summed E-state index contributed by atoms with van der Waals surface area (Å²) in [4.78, 5) is 17.3. The standard InChI is InChI=1S/C20H23BrClN7O2S/c1-11(31)12(2)32-18-15(21)9-24-20(29-18)27-14-5-3-13(4-6-14)26-19-25-10-16(22)17(28-19)23-7-8-30/h3-6,9-12,30-31H,7-8H2,1-2H3,(H,24,27,29)(H2,23,25,26,28)/t11-,12-/m1/s1. The summed E-state index contributed by atoms with van der Waals surface area (Å²) in [5.41, 5.74) is 1.59. The van der Waals surface area contributed by atoms with Crippen molar-refractivity contribution in [2.75, 3.05) is 29.1 Å². The van der Waals surface area contributed by atoms with Crippen LogP contribution in [-0.2, 0) is 0 Å². The normalized spacial score (nSPS) is 12.8. The van der Waals surface area contributed by atoms with Crippen LogP contribution in [0, 0.1) is 0 Å². The number of halogens is 2. The van der Waals surface area contributed by atoms with Gasteiger partial charge in [0.2, 0.25) is 11.9 Å². The summed E-state index contributed by atoms with van der Waals surface area (Å²) >= 11 is 11.0. The molecule has 2 aromatic heterocycles.